The average Bonchev–Trinajstić information content (AvgIpc) is 3.24. The maximum atomic E-state index is 12.3. The molecule has 2 atom stereocenters. The van der Waals surface area contributed by atoms with Crippen molar-refractivity contribution in [2.45, 2.75) is 24.9 Å². The summed E-state index contributed by atoms with van der Waals surface area (Å²) >= 11 is 0. The molecule has 0 saturated carbocycles. The average molecular weight is 341 g/mol. The Bertz CT molecular complexity index is 871. The summed E-state index contributed by atoms with van der Waals surface area (Å²) in [6.45, 7) is 0. The van der Waals surface area contributed by atoms with Gasteiger partial charge in [-0.05, 0) is 18.1 Å². The number of amides is 1. The van der Waals surface area contributed by atoms with Crippen LogP contribution in [0.25, 0.3) is 10.9 Å². The third kappa shape index (κ3) is 3.86. The van der Waals surface area contributed by atoms with E-state index >= 15 is 0 Å². The molecule has 0 saturated heterocycles. The molecule has 3 rings (SSSR count). The summed E-state index contributed by atoms with van der Waals surface area (Å²) in [4.78, 5) is 33.5. The lowest BCUT2D eigenvalue weighted by molar-refractivity contribution is -0.142. The second kappa shape index (κ2) is 7.18. The number of carbonyl (C=O) groups is 2. The van der Waals surface area contributed by atoms with Crippen LogP contribution in [-0.4, -0.2) is 44.0 Å². The predicted molar refractivity (Wildman–Crippen MR) is 91.8 cm³/mol. The number of nitrogens with one attached hydrogen (secondary N) is 3. The van der Waals surface area contributed by atoms with Crippen LogP contribution in [0.4, 0.5) is 0 Å². The molecule has 0 aliphatic rings. The standard InChI is InChI=1S/C17H19N5O3/c18-13(5-10-7-20-14-4-2-1-3-12(10)14)16(23)22-15(17(24)25)6-11-8-19-9-21-11/h1-4,7-9,13,15,20H,5-6,18H2,(H,19,21)(H,22,23)(H,24,25). The first kappa shape index (κ1) is 16.7. The van der Waals surface area contributed by atoms with Gasteiger partial charge in [-0.2, -0.15) is 0 Å². The van der Waals surface area contributed by atoms with Crippen molar-refractivity contribution in [1.82, 2.24) is 20.3 Å². The third-order valence-corrected chi connectivity index (χ3v) is 4.04. The molecule has 8 heteroatoms. The number of aliphatic carboxylic acids is 1. The van der Waals surface area contributed by atoms with Crippen LogP contribution in [0, 0.1) is 0 Å². The van der Waals surface area contributed by atoms with Gasteiger partial charge in [0.15, 0.2) is 0 Å². The van der Waals surface area contributed by atoms with Gasteiger partial charge in [-0.3, -0.25) is 4.79 Å². The number of imidazole rings is 1. The van der Waals surface area contributed by atoms with Crippen LogP contribution < -0.4 is 11.1 Å². The van der Waals surface area contributed by atoms with E-state index in [1.165, 1.54) is 12.5 Å². The van der Waals surface area contributed by atoms with E-state index in [2.05, 4.69) is 20.3 Å². The van der Waals surface area contributed by atoms with Gasteiger partial charge in [0.2, 0.25) is 5.91 Å². The van der Waals surface area contributed by atoms with E-state index in [-0.39, 0.29) is 6.42 Å². The van der Waals surface area contributed by atoms with E-state index in [1.54, 1.807) is 0 Å². The molecule has 8 nitrogen and oxygen atoms in total. The van der Waals surface area contributed by atoms with Crippen LogP contribution in [0.1, 0.15) is 11.3 Å². The van der Waals surface area contributed by atoms with Crippen LogP contribution in [-0.2, 0) is 22.4 Å². The zero-order valence-electron chi connectivity index (χ0n) is 13.4. The number of carboxylic acid groups (broad SMARTS) is 1. The lowest BCUT2D eigenvalue weighted by atomic mass is 10.0. The second-order valence-electron chi connectivity index (χ2n) is 5.85. The Kier molecular flexibility index (Phi) is 4.80. The van der Waals surface area contributed by atoms with Crippen molar-refractivity contribution in [3.63, 3.8) is 0 Å². The fourth-order valence-corrected chi connectivity index (χ4v) is 2.73. The molecule has 2 aromatic heterocycles. The Morgan fingerprint density at radius 2 is 2.04 bits per heavy atom. The van der Waals surface area contributed by atoms with Crippen molar-refractivity contribution >= 4 is 22.8 Å². The van der Waals surface area contributed by atoms with Gasteiger partial charge in [0, 0.05) is 35.4 Å². The third-order valence-electron chi connectivity index (χ3n) is 4.04. The van der Waals surface area contributed by atoms with E-state index < -0.39 is 24.0 Å². The van der Waals surface area contributed by atoms with Crippen LogP contribution in [0.15, 0.2) is 43.0 Å². The van der Waals surface area contributed by atoms with Crippen LogP contribution in [0.3, 0.4) is 0 Å². The number of carbonyl (C=O) groups excluding carboxylic acids is 1. The summed E-state index contributed by atoms with van der Waals surface area (Å²) in [5, 5.41) is 12.8. The van der Waals surface area contributed by atoms with E-state index in [0.717, 1.165) is 16.5 Å². The summed E-state index contributed by atoms with van der Waals surface area (Å²) in [6.07, 6.45) is 5.22. The van der Waals surface area contributed by atoms with E-state index in [0.29, 0.717) is 12.1 Å². The van der Waals surface area contributed by atoms with Crippen molar-refractivity contribution in [3.05, 3.63) is 54.2 Å². The number of aromatic amines is 2. The lowest BCUT2D eigenvalue weighted by Crippen LogP contribution is -2.50. The Morgan fingerprint density at radius 3 is 2.76 bits per heavy atom. The Labute approximate surface area is 143 Å². The number of fused-ring (bicyclic) bond motifs is 1. The highest BCUT2D eigenvalue weighted by molar-refractivity contribution is 5.88. The molecule has 0 spiro atoms. The highest BCUT2D eigenvalue weighted by Crippen LogP contribution is 2.18. The van der Waals surface area contributed by atoms with E-state index in [1.807, 2.05) is 30.5 Å². The minimum Gasteiger partial charge on any atom is -0.480 e. The number of rotatable bonds is 7. The maximum absolute atomic E-state index is 12.3. The number of H-pyrrole nitrogens is 2. The summed E-state index contributed by atoms with van der Waals surface area (Å²) < 4.78 is 0. The van der Waals surface area contributed by atoms with Crippen LogP contribution in [0.5, 0.6) is 0 Å². The number of nitrogens with two attached hydrogens (primary N) is 1. The summed E-state index contributed by atoms with van der Waals surface area (Å²) in [5.41, 5.74) is 8.49. The van der Waals surface area contributed by atoms with Crippen molar-refractivity contribution in [1.29, 1.82) is 0 Å². The fraction of sp³-hybridized carbons (Fsp3) is 0.235. The van der Waals surface area contributed by atoms with E-state index in [9.17, 15) is 14.7 Å². The molecular formula is C17H19N5O3. The number of carboxylic acids is 1. The van der Waals surface area contributed by atoms with Gasteiger partial charge in [0.1, 0.15) is 6.04 Å². The fourth-order valence-electron chi connectivity index (χ4n) is 2.73. The monoisotopic (exact) mass is 341 g/mol. The molecule has 0 aliphatic heterocycles. The molecular weight excluding hydrogens is 322 g/mol. The summed E-state index contributed by atoms with van der Waals surface area (Å²) in [6, 6.07) is 5.81. The normalized spacial score (nSPS) is 13.5. The van der Waals surface area contributed by atoms with Gasteiger partial charge in [0.25, 0.3) is 0 Å². The molecule has 0 bridgehead atoms. The van der Waals surface area contributed by atoms with Crippen LogP contribution >= 0.6 is 0 Å². The molecule has 1 aromatic carbocycles. The first-order valence-electron chi connectivity index (χ1n) is 7.85. The van der Waals surface area contributed by atoms with Gasteiger partial charge >= 0.3 is 5.97 Å². The first-order valence-corrected chi connectivity index (χ1v) is 7.85. The summed E-state index contributed by atoms with van der Waals surface area (Å²) in [7, 11) is 0. The molecule has 2 heterocycles. The molecule has 130 valence electrons. The lowest BCUT2D eigenvalue weighted by Gasteiger charge is -2.17. The van der Waals surface area contributed by atoms with Gasteiger partial charge in [-0.15, -0.1) is 0 Å². The van der Waals surface area contributed by atoms with Crippen LogP contribution in [0.2, 0.25) is 0 Å². The van der Waals surface area contributed by atoms with Gasteiger partial charge in [-0.1, -0.05) is 18.2 Å². The first-order chi connectivity index (χ1) is 12.0. The minimum absolute atomic E-state index is 0.112. The smallest absolute Gasteiger partial charge is 0.326 e. The topological polar surface area (TPSA) is 137 Å². The van der Waals surface area contributed by atoms with Crippen molar-refractivity contribution in [3.8, 4) is 0 Å². The Hall–Kier alpha value is -3.13. The maximum Gasteiger partial charge on any atom is 0.326 e. The molecule has 3 aromatic rings. The zero-order chi connectivity index (χ0) is 17.8. The quantitative estimate of drug-likeness (QED) is 0.428. The number of para-hydroxylation sites is 1. The molecule has 6 N–H and O–H groups in total. The highest BCUT2D eigenvalue weighted by atomic mass is 16.4. The van der Waals surface area contributed by atoms with Gasteiger partial charge in [0.05, 0.1) is 12.4 Å². The zero-order valence-corrected chi connectivity index (χ0v) is 13.4. The van der Waals surface area contributed by atoms with Crippen molar-refractivity contribution in [2.24, 2.45) is 5.73 Å². The number of nitrogens with zero attached hydrogens (tertiary/aromatic N) is 1. The molecule has 1 amide bonds. The van der Waals surface area contributed by atoms with E-state index in [4.69, 9.17) is 5.73 Å². The predicted octanol–water partition coefficient (Wildman–Crippen LogP) is 0.573. The molecule has 0 radical (unpaired) electrons. The molecule has 0 fully saturated rings. The van der Waals surface area contributed by atoms with Gasteiger partial charge in [-0.25, -0.2) is 9.78 Å². The second-order valence-corrected chi connectivity index (χ2v) is 5.85. The number of aromatic nitrogens is 3. The molecule has 0 aliphatic carbocycles. The number of hydrogen-bond acceptors (Lipinski definition) is 4. The van der Waals surface area contributed by atoms with Crippen molar-refractivity contribution < 1.29 is 14.7 Å². The highest BCUT2D eigenvalue weighted by Gasteiger charge is 2.24. The molecule has 25 heavy (non-hydrogen) atoms. The van der Waals surface area contributed by atoms with Gasteiger partial charge < -0.3 is 26.1 Å². The number of hydrogen-bond donors (Lipinski definition) is 5. The SMILES string of the molecule is NC(Cc1c[nH]c2ccccc12)C(=O)NC(Cc1cnc[nH]1)C(=O)O. The largest absolute Gasteiger partial charge is 0.480 e. The number of benzene rings is 1. The van der Waals surface area contributed by atoms with Crippen molar-refractivity contribution in [2.75, 3.05) is 0 Å². The Morgan fingerprint density at radius 1 is 1.24 bits per heavy atom. The minimum atomic E-state index is -1.12. The summed E-state index contributed by atoms with van der Waals surface area (Å²) in [5.74, 6) is -1.63. The Balaban J connectivity index is 1.65. The molecule has 2 unspecified atom stereocenters.